The highest BCUT2D eigenvalue weighted by molar-refractivity contribution is 7.80. The Morgan fingerprint density at radius 3 is 2.70 bits per heavy atom. The van der Waals surface area contributed by atoms with Crippen LogP contribution in [0, 0.1) is 12.7 Å². The summed E-state index contributed by atoms with van der Waals surface area (Å²) < 4.78 is 19.6. The van der Waals surface area contributed by atoms with E-state index >= 15 is 0 Å². The second kappa shape index (κ2) is 8.20. The van der Waals surface area contributed by atoms with E-state index < -0.39 is 6.04 Å². The molecule has 0 fully saturated rings. The van der Waals surface area contributed by atoms with Crippen LogP contribution >= 0.6 is 12.2 Å². The van der Waals surface area contributed by atoms with Crippen LogP contribution in [0.5, 0.6) is 0 Å². The molecular formula is C23H21FN4OS. The van der Waals surface area contributed by atoms with Crippen LogP contribution in [0.3, 0.4) is 0 Å². The van der Waals surface area contributed by atoms with Crippen molar-refractivity contribution in [2.75, 3.05) is 6.54 Å². The van der Waals surface area contributed by atoms with E-state index in [2.05, 4.69) is 22.0 Å². The minimum absolute atomic E-state index is 0.323. The van der Waals surface area contributed by atoms with Crippen molar-refractivity contribution in [2.24, 2.45) is 0 Å². The summed E-state index contributed by atoms with van der Waals surface area (Å²) in [6.07, 6.45) is 1.77. The lowest BCUT2D eigenvalue weighted by molar-refractivity contribution is 0.399. The average Bonchev–Trinajstić information content (AvgIpc) is 3.21. The zero-order chi connectivity index (χ0) is 21.3. The minimum Gasteiger partial charge on any atom is -0.351 e. The summed E-state index contributed by atoms with van der Waals surface area (Å²) in [5.41, 5.74) is 4.34. The van der Waals surface area contributed by atoms with E-state index in [-0.39, 0.29) is 5.82 Å². The molecule has 0 bridgehead atoms. The molecule has 1 aliphatic rings. The van der Waals surface area contributed by atoms with Crippen LogP contribution in [-0.4, -0.2) is 26.7 Å². The number of nitrogens with one attached hydrogen (secondary N) is 1. The van der Waals surface area contributed by atoms with Crippen LogP contribution in [0.1, 0.15) is 30.0 Å². The molecule has 1 atom stereocenters. The van der Waals surface area contributed by atoms with Crippen molar-refractivity contribution in [2.45, 2.75) is 19.9 Å². The van der Waals surface area contributed by atoms with Crippen molar-refractivity contribution in [3.63, 3.8) is 0 Å². The van der Waals surface area contributed by atoms with Gasteiger partial charge in [0.25, 0.3) is 5.89 Å². The number of rotatable bonds is 5. The zero-order valence-electron chi connectivity index (χ0n) is 16.7. The number of allylic oxidation sites excluding steroid dienone is 1. The summed E-state index contributed by atoms with van der Waals surface area (Å²) in [7, 11) is 0. The van der Waals surface area contributed by atoms with Crippen molar-refractivity contribution in [3.8, 4) is 11.4 Å². The normalized spacial score (nSPS) is 16.6. The first kappa shape index (κ1) is 20.0. The maximum atomic E-state index is 13.9. The summed E-state index contributed by atoms with van der Waals surface area (Å²) in [5.74, 6) is 0.532. The maximum Gasteiger partial charge on any atom is 0.258 e. The van der Waals surface area contributed by atoms with Crippen LogP contribution in [-0.2, 0) is 0 Å². The number of aryl methyl sites for hydroxylation is 1. The van der Waals surface area contributed by atoms with Crippen LogP contribution in [0.15, 0.2) is 71.4 Å². The SMILES string of the molecule is C=CCN1C(=S)NC(c2cccc(F)c2)C(c2nc(-c3ccc(C)cc3)no2)=C1C. The molecule has 0 amide bonds. The Morgan fingerprint density at radius 1 is 1.23 bits per heavy atom. The third kappa shape index (κ3) is 3.76. The lowest BCUT2D eigenvalue weighted by Crippen LogP contribution is -2.45. The molecule has 1 aliphatic heterocycles. The van der Waals surface area contributed by atoms with Gasteiger partial charge in [-0.25, -0.2) is 4.39 Å². The summed E-state index contributed by atoms with van der Waals surface area (Å²) in [5, 5.41) is 7.99. The van der Waals surface area contributed by atoms with Crippen LogP contribution in [0.2, 0.25) is 0 Å². The molecule has 7 heteroatoms. The summed E-state index contributed by atoms with van der Waals surface area (Å²) in [6.45, 7) is 8.29. The van der Waals surface area contributed by atoms with Crippen molar-refractivity contribution < 1.29 is 8.91 Å². The van der Waals surface area contributed by atoms with Gasteiger partial charge in [0.1, 0.15) is 5.82 Å². The predicted octanol–water partition coefficient (Wildman–Crippen LogP) is 5.03. The molecule has 0 radical (unpaired) electrons. The zero-order valence-corrected chi connectivity index (χ0v) is 17.5. The Hall–Kier alpha value is -3.32. The topological polar surface area (TPSA) is 54.2 Å². The fourth-order valence-corrected chi connectivity index (χ4v) is 3.83. The second-order valence-corrected chi connectivity index (χ2v) is 7.51. The van der Waals surface area contributed by atoms with Crippen LogP contribution < -0.4 is 5.32 Å². The highest BCUT2D eigenvalue weighted by Crippen LogP contribution is 2.37. The second-order valence-electron chi connectivity index (χ2n) is 7.13. The Bertz CT molecular complexity index is 1140. The molecule has 0 saturated heterocycles. The van der Waals surface area contributed by atoms with Crippen LogP contribution in [0.25, 0.3) is 17.0 Å². The third-order valence-corrected chi connectivity index (χ3v) is 5.39. The molecule has 152 valence electrons. The van der Waals surface area contributed by atoms with Crippen molar-refractivity contribution >= 4 is 22.9 Å². The number of thiocarbonyl (C=S) groups is 1. The highest BCUT2D eigenvalue weighted by atomic mass is 32.1. The summed E-state index contributed by atoms with van der Waals surface area (Å²) in [4.78, 5) is 6.54. The summed E-state index contributed by atoms with van der Waals surface area (Å²) in [6, 6.07) is 13.9. The maximum absolute atomic E-state index is 13.9. The smallest absolute Gasteiger partial charge is 0.258 e. The van der Waals surface area contributed by atoms with Gasteiger partial charge in [0, 0.05) is 17.8 Å². The lowest BCUT2D eigenvalue weighted by atomic mass is 9.94. The van der Waals surface area contributed by atoms with E-state index in [4.69, 9.17) is 16.7 Å². The third-order valence-electron chi connectivity index (χ3n) is 5.06. The molecule has 0 aliphatic carbocycles. The van der Waals surface area contributed by atoms with Gasteiger partial charge in [0.2, 0.25) is 5.82 Å². The van der Waals surface area contributed by atoms with E-state index in [9.17, 15) is 4.39 Å². The van der Waals surface area contributed by atoms with E-state index in [1.54, 1.807) is 12.1 Å². The lowest BCUT2D eigenvalue weighted by Gasteiger charge is -2.36. The molecular weight excluding hydrogens is 399 g/mol. The Morgan fingerprint density at radius 2 is 2.00 bits per heavy atom. The molecule has 0 saturated carbocycles. The molecule has 1 aromatic heterocycles. The van der Waals surface area contributed by atoms with Crippen molar-refractivity contribution in [3.05, 3.63) is 89.7 Å². The number of halogens is 1. The van der Waals surface area contributed by atoms with Gasteiger partial charge >= 0.3 is 0 Å². The first-order chi connectivity index (χ1) is 14.5. The predicted molar refractivity (Wildman–Crippen MR) is 119 cm³/mol. The Balaban J connectivity index is 1.82. The van der Waals surface area contributed by atoms with E-state index in [1.807, 2.05) is 49.1 Å². The molecule has 3 aromatic rings. The monoisotopic (exact) mass is 420 g/mol. The van der Waals surface area contributed by atoms with Gasteiger partial charge in [-0.1, -0.05) is 53.2 Å². The van der Waals surface area contributed by atoms with E-state index in [1.165, 1.54) is 12.1 Å². The molecule has 2 aromatic carbocycles. The quantitative estimate of drug-likeness (QED) is 0.461. The highest BCUT2D eigenvalue weighted by Gasteiger charge is 2.33. The van der Waals surface area contributed by atoms with Gasteiger partial charge < -0.3 is 14.7 Å². The van der Waals surface area contributed by atoms with E-state index in [0.717, 1.165) is 28.0 Å². The standard InChI is InChI=1S/C23H21FN4OS/c1-4-12-28-15(3)19(20(25-23(28)30)17-6-5-7-18(24)13-17)22-26-21(27-29-22)16-10-8-14(2)9-11-16/h4-11,13,20H,1,12H2,2-3H3,(H,25,30). The van der Waals surface area contributed by atoms with Gasteiger partial charge in [0.15, 0.2) is 5.11 Å². The number of hydrogen-bond acceptors (Lipinski definition) is 4. The fourth-order valence-electron chi connectivity index (χ4n) is 3.50. The molecule has 5 nitrogen and oxygen atoms in total. The average molecular weight is 421 g/mol. The van der Waals surface area contributed by atoms with Crippen molar-refractivity contribution in [1.29, 1.82) is 0 Å². The Labute approximate surface area is 179 Å². The van der Waals surface area contributed by atoms with Crippen LogP contribution in [0.4, 0.5) is 4.39 Å². The molecule has 4 rings (SSSR count). The molecule has 30 heavy (non-hydrogen) atoms. The first-order valence-corrected chi connectivity index (χ1v) is 9.95. The first-order valence-electron chi connectivity index (χ1n) is 9.54. The number of nitrogens with zero attached hydrogens (tertiary/aromatic N) is 3. The molecule has 1 unspecified atom stereocenters. The number of benzene rings is 2. The van der Waals surface area contributed by atoms with E-state index in [0.29, 0.717) is 23.4 Å². The summed E-state index contributed by atoms with van der Waals surface area (Å²) >= 11 is 5.55. The fraction of sp³-hybridized carbons (Fsp3) is 0.174. The molecule has 2 heterocycles. The van der Waals surface area contributed by atoms with Crippen molar-refractivity contribution in [1.82, 2.24) is 20.4 Å². The Kier molecular flexibility index (Phi) is 5.46. The van der Waals surface area contributed by atoms with Gasteiger partial charge in [-0.3, -0.25) is 0 Å². The van der Waals surface area contributed by atoms with Gasteiger partial charge in [-0.15, -0.1) is 6.58 Å². The minimum atomic E-state index is -0.416. The van der Waals surface area contributed by atoms with Gasteiger partial charge in [-0.05, 0) is 43.8 Å². The molecule has 0 spiro atoms. The van der Waals surface area contributed by atoms with Gasteiger partial charge in [0.05, 0.1) is 11.6 Å². The molecule has 1 N–H and O–H groups in total. The number of aromatic nitrogens is 2. The largest absolute Gasteiger partial charge is 0.351 e. The van der Waals surface area contributed by atoms with Gasteiger partial charge in [-0.2, -0.15) is 4.98 Å². The number of hydrogen-bond donors (Lipinski definition) is 1.